The SMILES string of the molecule is COc1ccc(C(=O)c2oc3cc(NC(=O)c4ccccc4Br)ccc3c2C)cc1OC. The predicted octanol–water partition coefficient (Wildman–Crippen LogP) is 6.00. The number of aryl methyl sites for hydroxylation is 1. The Morgan fingerprint density at radius 2 is 1.69 bits per heavy atom. The lowest BCUT2D eigenvalue weighted by atomic mass is 10.0. The van der Waals surface area contributed by atoms with Crippen LogP contribution in [0.5, 0.6) is 11.5 Å². The van der Waals surface area contributed by atoms with Crippen LogP contribution in [0.3, 0.4) is 0 Å². The van der Waals surface area contributed by atoms with Crippen molar-refractivity contribution in [3.05, 3.63) is 87.6 Å². The molecule has 6 nitrogen and oxygen atoms in total. The molecule has 1 amide bonds. The number of ketones is 1. The lowest BCUT2D eigenvalue weighted by Gasteiger charge is -2.08. The number of fused-ring (bicyclic) bond motifs is 1. The van der Waals surface area contributed by atoms with Crippen molar-refractivity contribution in [2.24, 2.45) is 0 Å². The van der Waals surface area contributed by atoms with Gasteiger partial charge in [-0.15, -0.1) is 0 Å². The van der Waals surface area contributed by atoms with Gasteiger partial charge in [0, 0.05) is 32.7 Å². The van der Waals surface area contributed by atoms with E-state index in [1.165, 1.54) is 14.2 Å². The first kappa shape index (κ1) is 21.6. The molecule has 0 fully saturated rings. The summed E-state index contributed by atoms with van der Waals surface area (Å²) in [7, 11) is 3.05. The van der Waals surface area contributed by atoms with Crippen LogP contribution in [0.15, 0.2) is 69.6 Å². The van der Waals surface area contributed by atoms with Crippen molar-refractivity contribution in [3.63, 3.8) is 0 Å². The van der Waals surface area contributed by atoms with Gasteiger partial charge in [0.2, 0.25) is 5.78 Å². The van der Waals surface area contributed by atoms with Crippen molar-refractivity contribution in [1.29, 1.82) is 0 Å². The van der Waals surface area contributed by atoms with E-state index >= 15 is 0 Å². The molecule has 4 rings (SSSR count). The van der Waals surface area contributed by atoms with Crippen LogP contribution < -0.4 is 14.8 Å². The minimum absolute atomic E-state index is 0.238. The van der Waals surface area contributed by atoms with Crippen LogP contribution in [-0.4, -0.2) is 25.9 Å². The number of rotatable bonds is 6. The molecule has 0 saturated heterocycles. The van der Waals surface area contributed by atoms with E-state index < -0.39 is 0 Å². The molecule has 0 radical (unpaired) electrons. The summed E-state index contributed by atoms with van der Waals surface area (Å²) in [6, 6.07) is 17.5. The summed E-state index contributed by atoms with van der Waals surface area (Å²) in [6.07, 6.45) is 0. The molecule has 1 heterocycles. The highest BCUT2D eigenvalue weighted by molar-refractivity contribution is 9.10. The quantitative estimate of drug-likeness (QED) is 0.333. The number of furan rings is 1. The molecule has 0 aliphatic carbocycles. The first-order chi connectivity index (χ1) is 15.4. The van der Waals surface area contributed by atoms with Gasteiger partial charge in [0.15, 0.2) is 17.3 Å². The Morgan fingerprint density at radius 3 is 2.41 bits per heavy atom. The van der Waals surface area contributed by atoms with Crippen molar-refractivity contribution >= 4 is 44.3 Å². The molecule has 0 spiro atoms. The Hall–Kier alpha value is -3.58. The van der Waals surface area contributed by atoms with Gasteiger partial charge >= 0.3 is 0 Å². The van der Waals surface area contributed by atoms with Gasteiger partial charge in [0.25, 0.3) is 5.91 Å². The number of carbonyl (C=O) groups excluding carboxylic acids is 2. The molecule has 4 aromatic rings. The monoisotopic (exact) mass is 493 g/mol. The van der Waals surface area contributed by atoms with Crippen molar-refractivity contribution in [2.75, 3.05) is 19.5 Å². The number of nitrogens with one attached hydrogen (secondary N) is 1. The highest BCUT2D eigenvalue weighted by Gasteiger charge is 2.21. The van der Waals surface area contributed by atoms with Crippen LogP contribution in [-0.2, 0) is 0 Å². The van der Waals surface area contributed by atoms with E-state index in [4.69, 9.17) is 13.9 Å². The zero-order valence-corrected chi connectivity index (χ0v) is 19.3. The summed E-state index contributed by atoms with van der Waals surface area (Å²) in [5.41, 5.74) is 2.75. The van der Waals surface area contributed by atoms with Gasteiger partial charge in [-0.05, 0) is 65.3 Å². The second-order valence-corrected chi connectivity index (χ2v) is 7.95. The maximum Gasteiger partial charge on any atom is 0.256 e. The van der Waals surface area contributed by atoms with Crippen LogP contribution in [0.4, 0.5) is 5.69 Å². The molecule has 0 unspecified atom stereocenters. The second kappa shape index (κ2) is 8.88. The number of hydrogen-bond acceptors (Lipinski definition) is 5. The Kier molecular flexibility index (Phi) is 6.01. The fraction of sp³-hybridized carbons (Fsp3) is 0.120. The summed E-state index contributed by atoms with van der Waals surface area (Å²) in [4.78, 5) is 25.7. The van der Waals surface area contributed by atoms with E-state index in [2.05, 4.69) is 21.2 Å². The van der Waals surface area contributed by atoms with Gasteiger partial charge in [-0.1, -0.05) is 12.1 Å². The largest absolute Gasteiger partial charge is 0.493 e. The highest BCUT2D eigenvalue weighted by Crippen LogP contribution is 2.32. The zero-order chi connectivity index (χ0) is 22.8. The average Bonchev–Trinajstić information content (AvgIpc) is 3.13. The fourth-order valence-corrected chi connectivity index (χ4v) is 3.94. The summed E-state index contributed by atoms with van der Waals surface area (Å²) in [5, 5.41) is 3.66. The Morgan fingerprint density at radius 1 is 0.938 bits per heavy atom. The molecule has 0 aliphatic heterocycles. The molecule has 7 heteroatoms. The molecular weight excluding hydrogens is 474 g/mol. The molecule has 1 aromatic heterocycles. The van der Waals surface area contributed by atoms with Crippen molar-refractivity contribution in [3.8, 4) is 11.5 Å². The smallest absolute Gasteiger partial charge is 0.256 e. The predicted molar refractivity (Wildman–Crippen MR) is 126 cm³/mol. The molecular formula is C25H20BrNO5. The van der Waals surface area contributed by atoms with E-state index in [9.17, 15) is 9.59 Å². The number of benzene rings is 3. The van der Waals surface area contributed by atoms with Gasteiger partial charge in [-0.3, -0.25) is 9.59 Å². The molecule has 32 heavy (non-hydrogen) atoms. The van der Waals surface area contributed by atoms with Crippen LogP contribution >= 0.6 is 15.9 Å². The first-order valence-electron chi connectivity index (χ1n) is 9.78. The molecule has 0 saturated carbocycles. The van der Waals surface area contributed by atoms with Gasteiger partial charge in [-0.25, -0.2) is 0 Å². The topological polar surface area (TPSA) is 77.8 Å². The van der Waals surface area contributed by atoms with E-state index in [0.717, 1.165) is 10.9 Å². The standard InChI is InChI=1S/C25H20BrNO5/c1-14-17-10-9-16(27-25(29)18-6-4-5-7-19(18)26)13-21(17)32-24(14)23(28)15-8-11-20(30-2)22(12-15)31-3/h4-13H,1-3H3,(H,27,29). The number of halogens is 1. The van der Waals surface area contributed by atoms with Crippen LogP contribution in [0.2, 0.25) is 0 Å². The van der Waals surface area contributed by atoms with E-state index in [1.807, 2.05) is 19.1 Å². The van der Waals surface area contributed by atoms with Gasteiger partial charge < -0.3 is 19.2 Å². The van der Waals surface area contributed by atoms with Gasteiger partial charge in [0.1, 0.15) is 5.58 Å². The van der Waals surface area contributed by atoms with Crippen LogP contribution in [0.25, 0.3) is 11.0 Å². The fourth-order valence-electron chi connectivity index (χ4n) is 3.47. The highest BCUT2D eigenvalue weighted by atomic mass is 79.9. The molecule has 1 N–H and O–H groups in total. The Bertz CT molecular complexity index is 1340. The van der Waals surface area contributed by atoms with E-state index in [-0.39, 0.29) is 17.5 Å². The second-order valence-electron chi connectivity index (χ2n) is 7.10. The number of amides is 1. The number of carbonyl (C=O) groups is 2. The maximum atomic E-state index is 13.1. The first-order valence-corrected chi connectivity index (χ1v) is 10.6. The lowest BCUT2D eigenvalue weighted by molar-refractivity contribution is 0.101. The lowest BCUT2D eigenvalue weighted by Crippen LogP contribution is -2.12. The summed E-state index contributed by atoms with van der Waals surface area (Å²) in [6.45, 7) is 1.83. The zero-order valence-electron chi connectivity index (χ0n) is 17.7. The van der Waals surface area contributed by atoms with E-state index in [1.54, 1.807) is 48.5 Å². The maximum absolute atomic E-state index is 13.1. The minimum Gasteiger partial charge on any atom is -0.493 e. The third-order valence-corrected chi connectivity index (χ3v) is 5.86. The third kappa shape index (κ3) is 3.99. The number of hydrogen-bond donors (Lipinski definition) is 1. The van der Waals surface area contributed by atoms with Gasteiger partial charge in [-0.2, -0.15) is 0 Å². The summed E-state index contributed by atoms with van der Waals surface area (Å²) >= 11 is 3.39. The van der Waals surface area contributed by atoms with Crippen molar-refractivity contribution in [2.45, 2.75) is 6.92 Å². The van der Waals surface area contributed by atoms with Crippen LogP contribution in [0.1, 0.15) is 32.0 Å². The molecule has 3 aromatic carbocycles. The minimum atomic E-state index is -0.265. The number of ether oxygens (including phenoxy) is 2. The Balaban J connectivity index is 1.65. The molecule has 0 atom stereocenters. The summed E-state index contributed by atoms with van der Waals surface area (Å²) < 4.78 is 17.2. The normalized spacial score (nSPS) is 10.8. The summed E-state index contributed by atoms with van der Waals surface area (Å²) in [5.74, 6) is 0.724. The third-order valence-electron chi connectivity index (χ3n) is 5.17. The van der Waals surface area contributed by atoms with Crippen LogP contribution in [0, 0.1) is 6.92 Å². The molecule has 162 valence electrons. The number of anilines is 1. The van der Waals surface area contributed by atoms with Gasteiger partial charge in [0.05, 0.1) is 19.8 Å². The van der Waals surface area contributed by atoms with Crippen molar-refractivity contribution < 1.29 is 23.5 Å². The van der Waals surface area contributed by atoms with E-state index in [0.29, 0.717) is 38.4 Å². The molecule has 0 aliphatic rings. The average molecular weight is 494 g/mol. The van der Waals surface area contributed by atoms with Crippen molar-refractivity contribution in [1.82, 2.24) is 0 Å². The number of methoxy groups -OCH3 is 2. The Labute approximate surface area is 193 Å². The molecule has 0 bridgehead atoms.